The quantitative estimate of drug-likeness (QED) is 0.887. The van der Waals surface area contributed by atoms with Crippen LogP contribution in [0.1, 0.15) is 5.56 Å². The van der Waals surface area contributed by atoms with Crippen molar-refractivity contribution in [2.24, 2.45) is 0 Å². The van der Waals surface area contributed by atoms with E-state index in [1.54, 1.807) is 0 Å². The predicted molar refractivity (Wildman–Crippen MR) is 93.0 cm³/mol. The van der Waals surface area contributed by atoms with Crippen molar-refractivity contribution in [2.75, 3.05) is 13.2 Å². The maximum atomic E-state index is 12.3. The van der Waals surface area contributed by atoms with Crippen LogP contribution in [0.25, 0.3) is 11.1 Å². The molecular weight excluding hydrogens is 318 g/mol. The Kier molecular flexibility index (Phi) is 4.53. The summed E-state index contributed by atoms with van der Waals surface area (Å²) in [5.74, 6) is -0.0632. The second-order valence-electron chi connectivity index (χ2n) is 6.58. The van der Waals surface area contributed by atoms with Crippen molar-refractivity contribution < 1.29 is 19.4 Å². The van der Waals surface area contributed by atoms with Crippen LogP contribution in [-0.4, -0.2) is 48.6 Å². The summed E-state index contributed by atoms with van der Waals surface area (Å²) < 4.78 is 11.1. The molecular formula is C20H21NO4. The first kappa shape index (κ1) is 16.3. The molecule has 2 aromatic carbocycles. The molecule has 2 aliphatic rings. The van der Waals surface area contributed by atoms with Crippen LogP contribution in [0.2, 0.25) is 0 Å². The number of rotatable bonds is 4. The molecule has 0 aliphatic carbocycles. The van der Waals surface area contributed by atoms with E-state index in [4.69, 9.17) is 9.47 Å². The van der Waals surface area contributed by atoms with Gasteiger partial charge >= 0.3 is 0 Å². The topological polar surface area (TPSA) is 67.8 Å². The largest absolute Gasteiger partial charge is 0.388 e. The third-order valence-electron chi connectivity index (χ3n) is 4.80. The monoisotopic (exact) mass is 339 g/mol. The average molecular weight is 339 g/mol. The molecule has 2 saturated heterocycles. The van der Waals surface area contributed by atoms with E-state index in [9.17, 15) is 9.90 Å². The zero-order valence-electron chi connectivity index (χ0n) is 13.8. The second kappa shape index (κ2) is 6.96. The summed E-state index contributed by atoms with van der Waals surface area (Å²) in [5, 5.41) is 12.7. The molecule has 0 radical (unpaired) electrons. The fraction of sp³-hybridized carbons (Fsp3) is 0.350. The number of carbonyl (C=O) groups excluding carboxylic acids is 1. The summed E-state index contributed by atoms with van der Waals surface area (Å²) in [4.78, 5) is 12.3. The maximum Gasteiger partial charge on any atom is 0.224 e. The molecule has 25 heavy (non-hydrogen) atoms. The van der Waals surface area contributed by atoms with Crippen LogP contribution in [0.4, 0.5) is 0 Å². The van der Waals surface area contributed by atoms with Crippen molar-refractivity contribution in [2.45, 2.75) is 30.8 Å². The highest BCUT2D eigenvalue weighted by atomic mass is 16.6. The van der Waals surface area contributed by atoms with Gasteiger partial charge < -0.3 is 19.9 Å². The van der Waals surface area contributed by atoms with Gasteiger partial charge in [0, 0.05) is 0 Å². The molecule has 0 unspecified atom stereocenters. The Hall–Kier alpha value is -2.21. The van der Waals surface area contributed by atoms with Crippen molar-refractivity contribution in [1.82, 2.24) is 5.32 Å². The van der Waals surface area contributed by atoms with Gasteiger partial charge in [0.1, 0.15) is 18.3 Å². The molecule has 0 aromatic heterocycles. The highest BCUT2D eigenvalue weighted by Crippen LogP contribution is 2.27. The molecule has 5 heteroatoms. The predicted octanol–water partition coefficient (Wildman–Crippen LogP) is 1.54. The van der Waals surface area contributed by atoms with E-state index in [0.29, 0.717) is 13.0 Å². The van der Waals surface area contributed by atoms with Crippen molar-refractivity contribution >= 4 is 5.91 Å². The first-order valence-electron chi connectivity index (χ1n) is 8.56. The Labute approximate surface area is 146 Å². The Bertz CT molecular complexity index is 731. The highest BCUT2D eigenvalue weighted by molar-refractivity contribution is 5.79. The molecule has 2 aliphatic heterocycles. The number of carbonyl (C=O) groups is 1. The Morgan fingerprint density at radius 1 is 0.960 bits per heavy atom. The average Bonchev–Trinajstić information content (AvgIpc) is 3.20. The second-order valence-corrected chi connectivity index (χ2v) is 6.58. The lowest BCUT2D eigenvalue weighted by molar-refractivity contribution is -0.121. The zero-order chi connectivity index (χ0) is 17.2. The molecule has 2 aromatic rings. The summed E-state index contributed by atoms with van der Waals surface area (Å²) in [6.45, 7) is 0.647. The molecule has 2 heterocycles. The molecule has 4 rings (SSSR count). The minimum absolute atomic E-state index is 0.0632. The smallest absolute Gasteiger partial charge is 0.224 e. The van der Waals surface area contributed by atoms with Crippen LogP contribution in [0.3, 0.4) is 0 Å². The van der Waals surface area contributed by atoms with Gasteiger partial charge in [-0.3, -0.25) is 4.79 Å². The first-order chi connectivity index (χ1) is 12.2. The summed E-state index contributed by atoms with van der Waals surface area (Å²) >= 11 is 0. The maximum absolute atomic E-state index is 12.3. The Balaban J connectivity index is 1.35. The molecule has 0 bridgehead atoms. The number of nitrogens with one attached hydrogen (secondary N) is 1. The number of ether oxygens (including phenoxy) is 2. The molecule has 2 fully saturated rings. The van der Waals surface area contributed by atoms with E-state index in [1.165, 1.54) is 0 Å². The lowest BCUT2D eigenvalue weighted by Crippen LogP contribution is -2.44. The molecule has 2 N–H and O–H groups in total. The number of fused-ring (bicyclic) bond motifs is 1. The summed E-state index contributed by atoms with van der Waals surface area (Å²) in [6, 6.07) is 18.0. The van der Waals surface area contributed by atoms with Gasteiger partial charge in [-0.15, -0.1) is 0 Å². The fourth-order valence-corrected chi connectivity index (χ4v) is 3.49. The van der Waals surface area contributed by atoms with E-state index in [2.05, 4.69) is 17.4 Å². The molecule has 1 amide bonds. The van der Waals surface area contributed by atoms with Crippen LogP contribution in [0, 0.1) is 0 Å². The van der Waals surface area contributed by atoms with Gasteiger partial charge in [-0.05, 0) is 16.7 Å². The number of aliphatic hydroxyl groups excluding tert-OH is 1. The number of aliphatic hydroxyl groups is 1. The van der Waals surface area contributed by atoms with Gasteiger partial charge in [0.05, 0.1) is 25.7 Å². The van der Waals surface area contributed by atoms with E-state index < -0.39 is 6.10 Å². The van der Waals surface area contributed by atoms with E-state index >= 15 is 0 Å². The third-order valence-corrected chi connectivity index (χ3v) is 4.80. The van der Waals surface area contributed by atoms with Gasteiger partial charge in [0.2, 0.25) is 5.91 Å². The standard InChI is InChI=1S/C20H21NO4/c22-17-12-25-19-16(11-24-20(17)19)21-18(23)10-13-6-8-15(9-7-13)14-4-2-1-3-5-14/h1-9,16-17,19-20,22H,10-12H2,(H,21,23)/t16-,17-,19-,20-/m1/s1. The number of hydrogen-bond acceptors (Lipinski definition) is 4. The van der Waals surface area contributed by atoms with Crippen molar-refractivity contribution in [3.8, 4) is 11.1 Å². The summed E-state index contributed by atoms with van der Waals surface area (Å²) in [6.07, 6.45) is -0.863. The summed E-state index contributed by atoms with van der Waals surface area (Å²) in [7, 11) is 0. The SMILES string of the molecule is O=C(Cc1ccc(-c2ccccc2)cc1)N[C@@H]1CO[C@H]2[C@@H]1OC[C@H]2O. The fourth-order valence-electron chi connectivity index (χ4n) is 3.49. The zero-order valence-corrected chi connectivity index (χ0v) is 13.8. The Morgan fingerprint density at radius 2 is 1.64 bits per heavy atom. The van der Waals surface area contributed by atoms with Gasteiger partial charge in [0.25, 0.3) is 0 Å². The molecule has 0 saturated carbocycles. The van der Waals surface area contributed by atoms with Gasteiger partial charge in [0.15, 0.2) is 0 Å². The van der Waals surface area contributed by atoms with E-state index in [0.717, 1.165) is 16.7 Å². The minimum atomic E-state index is -0.600. The van der Waals surface area contributed by atoms with Gasteiger partial charge in [-0.2, -0.15) is 0 Å². The highest BCUT2D eigenvalue weighted by Gasteiger charge is 2.47. The molecule has 130 valence electrons. The van der Waals surface area contributed by atoms with Gasteiger partial charge in [-0.25, -0.2) is 0 Å². The van der Waals surface area contributed by atoms with Gasteiger partial charge in [-0.1, -0.05) is 54.6 Å². The lowest BCUT2D eigenvalue weighted by Gasteiger charge is -2.17. The normalized spacial score (nSPS) is 27.9. The lowest BCUT2D eigenvalue weighted by atomic mass is 10.0. The van der Waals surface area contributed by atoms with Crippen LogP contribution in [-0.2, 0) is 20.7 Å². The molecule has 4 atom stereocenters. The van der Waals surface area contributed by atoms with Crippen LogP contribution < -0.4 is 5.32 Å². The van der Waals surface area contributed by atoms with Crippen LogP contribution in [0.5, 0.6) is 0 Å². The Morgan fingerprint density at radius 3 is 2.40 bits per heavy atom. The minimum Gasteiger partial charge on any atom is -0.388 e. The third kappa shape index (κ3) is 3.44. The van der Waals surface area contributed by atoms with Crippen LogP contribution >= 0.6 is 0 Å². The number of amides is 1. The first-order valence-corrected chi connectivity index (χ1v) is 8.56. The van der Waals surface area contributed by atoms with E-state index in [-0.39, 0.29) is 30.8 Å². The van der Waals surface area contributed by atoms with Crippen molar-refractivity contribution in [3.63, 3.8) is 0 Å². The number of hydrogen-bond donors (Lipinski definition) is 2. The van der Waals surface area contributed by atoms with Crippen LogP contribution in [0.15, 0.2) is 54.6 Å². The summed E-state index contributed by atoms with van der Waals surface area (Å²) in [5.41, 5.74) is 3.25. The van der Waals surface area contributed by atoms with Crippen molar-refractivity contribution in [1.29, 1.82) is 0 Å². The van der Waals surface area contributed by atoms with Crippen molar-refractivity contribution in [3.05, 3.63) is 60.2 Å². The molecule has 0 spiro atoms. The molecule has 5 nitrogen and oxygen atoms in total. The number of benzene rings is 2. The van der Waals surface area contributed by atoms with E-state index in [1.807, 2.05) is 42.5 Å².